The van der Waals surface area contributed by atoms with Crippen molar-refractivity contribution in [2.75, 3.05) is 0 Å². The van der Waals surface area contributed by atoms with Crippen LogP contribution in [0, 0.1) is 0 Å². The molecule has 2 aromatic rings. The lowest BCUT2D eigenvalue weighted by Crippen LogP contribution is -2.12. The Morgan fingerprint density at radius 3 is 2.40 bits per heavy atom. The molecule has 0 radical (unpaired) electrons. The maximum absolute atomic E-state index is 6.07. The van der Waals surface area contributed by atoms with Crippen molar-refractivity contribution in [3.8, 4) is 11.5 Å². The fourth-order valence-electron chi connectivity index (χ4n) is 2.10. The van der Waals surface area contributed by atoms with Crippen LogP contribution >= 0.6 is 11.6 Å². The third kappa shape index (κ3) is 3.33. The zero-order valence-corrected chi connectivity index (χ0v) is 12.9. The van der Waals surface area contributed by atoms with Crippen molar-refractivity contribution >= 4 is 11.6 Å². The Morgan fingerprint density at radius 2 is 1.75 bits per heavy atom. The van der Waals surface area contributed by atoms with Crippen LogP contribution in [-0.4, -0.2) is 0 Å². The number of halogens is 1. The van der Waals surface area contributed by atoms with Crippen molar-refractivity contribution in [3.05, 3.63) is 58.6 Å². The van der Waals surface area contributed by atoms with E-state index in [1.165, 1.54) is 0 Å². The van der Waals surface area contributed by atoms with Gasteiger partial charge in [0, 0.05) is 22.7 Å². The van der Waals surface area contributed by atoms with E-state index in [2.05, 4.69) is 26.8 Å². The molecular formula is C17H20ClNO. The third-order valence-corrected chi connectivity index (χ3v) is 3.39. The van der Waals surface area contributed by atoms with Crippen LogP contribution in [0.1, 0.15) is 31.9 Å². The number of para-hydroxylation sites is 1. The molecule has 0 atom stereocenters. The topological polar surface area (TPSA) is 35.2 Å². The van der Waals surface area contributed by atoms with E-state index in [-0.39, 0.29) is 5.41 Å². The predicted molar refractivity (Wildman–Crippen MR) is 84.6 cm³/mol. The summed E-state index contributed by atoms with van der Waals surface area (Å²) in [5.74, 6) is 1.62. The Kier molecular flexibility index (Phi) is 4.36. The molecule has 0 bridgehead atoms. The molecule has 20 heavy (non-hydrogen) atoms. The van der Waals surface area contributed by atoms with Gasteiger partial charge in [-0.3, -0.25) is 0 Å². The summed E-state index contributed by atoms with van der Waals surface area (Å²) in [5.41, 5.74) is 7.85. The van der Waals surface area contributed by atoms with Crippen LogP contribution in [0.4, 0.5) is 0 Å². The first-order valence-corrected chi connectivity index (χ1v) is 7.05. The normalized spacial score (nSPS) is 11.4. The zero-order chi connectivity index (χ0) is 14.8. The average molecular weight is 290 g/mol. The van der Waals surface area contributed by atoms with Gasteiger partial charge in [0.2, 0.25) is 0 Å². The molecule has 0 aliphatic rings. The van der Waals surface area contributed by atoms with E-state index < -0.39 is 0 Å². The highest BCUT2D eigenvalue weighted by atomic mass is 35.5. The van der Waals surface area contributed by atoms with Gasteiger partial charge in [0.1, 0.15) is 11.5 Å². The Labute approximate surface area is 125 Å². The quantitative estimate of drug-likeness (QED) is 0.873. The number of benzene rings is 2. The maximum atomic E-state index is 6.07. The molecule has 2 N–H and O–H groups in total. The lowest BCUT2D eigenvalue weighted by atomic mass is 9.86. The summed E-state index contributed by atoms with van der Waals surface area (Å²) < 4.78 is 6.07. The highest BCUT2D eigenvalue weighted by Crippen LogP contribution is 2.35. The molecule has 106 valence electrons. The molecule has 2 rings (SSSR count). The molecular weight excluding hydrogens is 270 g/mol. The van der Waals surface area contributed by atoms with E-state index in [9.17, 15) is 0 Å². The molecule has 0 saturated carbocycles. The van der Waals surface area contributed by atoms with Crippen LogP contribution in [0.5, 0.6) is 11.5 Å². The second kappa shape index (κ2) is 5.86. The Hall–Kier alpha value is -1.51. The van der Waals surface area contributed by atoms with E-state index in [4.69, 9.17) is 22.1 Å². The largest absolute Gasteiger partial charge is 0.457 e. The van der Waals surface area contributed by atoms with Crippen LogP contribution in [0.3, 0.4) is 0 Å². The SMILES string of the molecule is CC(C)(C)c1ccccc1Oc1ccc(Cl)cc1CN. The number of ether oxygens (including phenoxy) is 1. The lowest BCUT2D eigenvalue weighted by Gasteiger charge is -2.23. The van der Waals surface area contributed by atoms with E-state index in [1.807, 2.05) is 36.4 Å². The highest BCUT2D eigenvalue weighted by Gasteiger charge is 2.19. The van der Waals surface area contributed by atoms with Crippen molar-refractivity contribution < 1.29 is 4.74 Å². The first-order chi connectivity index (χ1) is 9.41. The monoisotopic (exact) mass is 289 g/mol. The van der Waals surface area contributed by atoms with Crippen molar-refractivity contribution in [3.63, 3.8) is 0 Å². The van der Waals surface area contributed by atoms with Gasteiger partial charge >= 0.3 is 0 Å². The van der Waals surface area contributed by atoms with Crippen molar-refractivity contribution in [1.29, 1.82) is 0 Å². The van der Waals surface area contributed by atoms with Crippen LogP contribution in [-0.2, 0) is 12.0 Å². The van der Waals surface area contributed by atoms with Gasteiger partial charge in [0.05, 0.1) is 0 Å². The molecule has 2 aromatic carbocycles. The molecule has 0 unspecified atom stereocenters. The van der Waals surface area contributed by atoms with Crippen molar-refractivity contribution in [2.24, 2.45) is 5.73 Å². The second-order valence-corrected chi connectivity index (χ2v) is 6.24. The number of nitrogens with two attached hydrogens (primary N) is 1. The average Bonchev–Trinajstić information content (AvgIpc) is 2.40. The van der Waals surface area contributed by atoms with Gasteiger partial charge < -0.3 is 10.5 Å². The summed E-state index contributed by atoms with van der Waals surface area (Å²) in [6.45, 7) is 6.90. The highest BCUT2D eigenvalue weighted by molar-refractivity contribution is 6.30. The molecule has 0 amide bonds. The van der Waals surface area contributed by atoms with Gasteiger partial charge in [-0.25, -0.2) is 0 Å². The molecule has 0 heterocycles. The summed E-state index contributed by atoms with van der Waals surface area (Å²) in [5, 5.41) is 0.668. The van der Waals surface area contributed by atoms with E-state index >= 15 is 0 Å². The fourth-order valence-corrected chi connectivity index (χ4v) is 2.30. The lowest BCUT2D eigenvalue weighted by molar-refractivity contribution is 0.450. The number of hydrogen-bond acceptors (Lipinski definition) is 2. The van der Waals surface area contributed by atoms with Gasteiger partial charge in [-0.1, -0.05) is 50.6 Å². The third-order valence-electron chi connectivity index (χ3n) is 3.16. The van der Waals surface area contributed by atoms with Crippen LogP contribution < -0.4 is 10.5 Å². The standard InChI is InChI=1S/C17H20ClNO/c1-17(2,3)14-6-4-5-7-16(14)20-15-9-8-13(18)10-12(15)11-19/h4-10H,11,19H2,1-3H3. The Balaban J connectivity index is 2.41. The molecule has 3 heteroatoms. The molecule has 0 fully saturated rings. The molecule has 2 nitrogen and oxygen atoms in total. The summed E-state index contributed by atoms with van der Waals surface area (Å²) in [7, 11) is 0. The minimum absolute atomic E-state index is 0.0197. The molecule has 0 spiro atoms. The first-order valence-electron chi connectivity index (χ1n) is 6.67. The van der Waals surface area contributed by atoms with Gasteiger partial charge in [-0.05, 0) is 29.7 Å². The molecule has 0 saturated heterocycles. The van der Waals surface area contributed by atoms with E-state index in [0.29, 0.717) is 11.6 Å². The summed E-state index contributed by atoms with van der Waals surface area (Å²) in [6.07, 6.45) is 0. The van der Waals surface area contributed by atoms with Gasteiger partial charge in [0.25, 0.3) is 0 Å². The van der Waals surface area contributed by atoms with Crippen LogP contribution in [0.2, 0.25) is 5.02 Å². The van der Waals surface area contributed by atoms with Gasteiger partial charge in [-0.15, -0.1) is 0 Å². The molecule has 0 aliphatic heterocycles. The minimum atomic E-state index is 0.0197. The second-order valence-electron chi connectivity index (χ2n) is 5.80. The number of rotatable bonds is 3. The fraction of sp³-hybridized carbons (Fsp3) is 0.294. The maximum Gasteiger partial charge on any atom is 0.132 e. The first kappa shape index (κ1) is 14.9. The van der Waals surface area contributed by atoms with E-state index in [0.717, 1.165) is 22.6 Å². The predicted octanol–water partition coefficient (Wildman–Crippen LogP) is 4.89. The summed E-state index contributed by atoms with van der Waals surface area (Å²) in [6, 6.07) is 13.6. The van der Waals surface area contributed by atoms with Crippen LogP contribution in [0.15, 0.2) is 42.5 Å². The van der Waals surface area contributed by atoms with Crippen molar-refractivity contribution in [1.82, 2.24) is 0 Å². The molecule has 0 aliphatic carbocycles. The number of hydrogen-bond donors (Lipinski definition) is 1. The van der Waals surface area contributed by atoms with Crippen LogP contribution in [0.25, 0.3) is 0 Å². The van der Waals surface area contributed by atoms with Gasteiger partial charge in [0.15, 0.2) is 0 Å². The van der Waals surface area contributed by atoms with Crippen molar-refractivity contribution in [2.45, 2.75) is 32.7 Å². The summed E-state index contributed by atoms with van der Waals surface area (Å²) >= 11 is 5.99. The molecule has 0 aromatic heterocycles. The minimum Gasteiger partial charge on any atom is -0.457 e. The Morgan fingerprint density at radius 1 is 1.05 bits per heavy atom. The smallest absolute Gasteiger partial charge is 0.132 e. The zero-order valence-electron chi connectivity index (χ0n) is 12.1. The summed E-state index contributed by atoms with van der Waals surface area (Å²) in [4.78, 5) is 0. The van der Waals surface area contributed by atoms with Gasteiger partial charge in [-0.2, -0.15) is 0 Å². The van der Waals surface area contributed by atoms with E-state index in [1.54, 1.807) is 0 Å². The Bertz CT molecular complexity index is 602.